The van der Waals surface area contributed by atoms with Gasteiger partial charge in [0, 0.05) is 27.8 Å². The Hall–Kier alpha value is -0.750. The Balaban J connectivity index is 2.01. The lowest BCUT2D eigenvalue weighted by molar-refractivity contribution is 0.516. The number of aromatic nitrogens is 1. The molecule has 2 aromatic rings. The van der Waals surface area contributed by atoms with Crippen molar-refractivity contribution in [3.63, 3.8) is 0 Å². The van der Waals surface area contributed by atoms with E-state index >= 15 is 0 Å². The minimum Gasteiger partial charge on any atom is -0.271 e. The van der Waals surface area contributed by atoms with Crippen molar-refractivity contribution >= 4 is 27.3 Å². The highest BCUT2D eigenvalue weighted by molar-refractivity contribution is 9.10. The van der Waals surface area contributed by atoms with Gasteiger partial charge in [-0.3, -0.25) is 16.3 Å². The fourth-order valence-electron chi connectivity index (χ4n) is 1.71. The third-order valence-corrected chi connectivity index (χ3v) is 3.96. The molecule has 90 valence electrons. The molecule has 17 heavy (non-hydrogen) atoms. The van der Waals surface area contributed by atoms with Gasteiger partial charge in [0.25, 0.3) is 0 Å². The van der Waals surface area contributed by atoms with E-state index in [1.54, 1.807) is 17.5 Å². The van der Waals surface area contributed by atoms with E-state index in [0.29, 0.717) is 0 Å². The number of halogens is 1. The molecule has 3 nitrogen and oxygen atoms in total. The highest BCUT2D eigenvalue weighted by Crippen LogP contribution is 2.22. The maximum atomic E-state index is 5.60. The summed E-state index contributed by atoms with van der Waals surface area (Å²) >= 11 is 5.20. The molecular formula is C12H14BrN3S. The highest BCUT2D eigenvalue weighted by Gasteiger charge is 2.10. The van der Waals surface area contributed by atoms with E-state index in [1.807, 2.05) is 12.3 Å². The molecule has 1 atom stereocenters. The SMILES string of the molecule is NNC(CCc1cccs1)c1cncc(Br)c1. The van der Waals surface area contributed by atoms with Crippen LogP contribution in [0.15, 0.2) is 40.4 Å². The average molecular weight is 312 g/mol. The first-order chi connectivity index (χ1) is 8.29. The van der Waals surface area contributed by atoms with Crippen LogP contribution in [0, 0.1) is 0 Å². The van der Waals surface area contributed by atoms with Crippen molar-refractivity contribution < 1.29 is 0 Å². The van der Waals surface area contributed by atoms with Crippen LogP contribution in [0.25, 0.3) is 0 Å². The largest absolute Gasteiger partial charge is 0.271 e. The molecule has 2 rings (SSSR count). The summed E-state index contributed by atoms with van der Waals surface area (Å²) in [6.45, 7) is 0. The van der Waals surface area contributed by atoms with Crippen LogP contribution >= 0.6 is 27.3 Å². The predicted molar refractivity (Wildman–Crippen MR) is 74.6 cm³/mol. The van der Waals surface area contributed by atoms with Gasteiger partial charge in [0.1, 0.15) is 0 Å². The number of rotatable bonds is 5. The Morgan fingerprint density at radius 3 is 3.00 bits per heavy atom. The third-order valence-electron chi connectivity index (χ3n) is 2.59. The van der Waals surface area contributed by atoms with Gasteiger partial charge in [-0.2, -0.15) is 0 Å². The van der Waals surface area contributed by atoms with Gasteiger partial charge >= 0.3 is 0 Å². The lowest BCUT2D eigenvalue weighted by Gasteiger charge is -2.15. The van der Waals surface area contributed by atoms with Gasteiger partial charge < -0.3 is 0 Å². The maximum absolute atomic E-state index is 5.60. The zero-order chi connectivity index (χ0) is 12.1. The van der Waals surface area contributed by atoms with Crippen molar-refractivity contribution in [2.24, 2.45) is 5.84 Å². The van der Waals surface area contributed by atoms with E-state index in [1.165, 1.54) is 4.88 Å². The molecule has 2 heterocycles. The molecule has 0 saturated carbocycles. The fraction of sp³-hybridized carbons (Fsp3) is 0.250. The Morgan fingerprint density at radius 1 is 1.47 bits per heavy atom. The van der Waals surface area contributed by atoms with Crippen molar-refractivity contribution in [2.75, 3.05) is 0 Å². The molecule has 0 aliphatic heterocycles. The molecule has 0 amide bonds. The summed E-state index contributed by atoms with van der Waals surface area (Å²) in [5.74, 6) is 5.60. The number of nitrogens with zero attached hydrogens (tertiary/aromatic N) is 1. The quantitative estimate of drug-likeness (QED) is 0.659. The Labute approximate surface area is 113 Å². The van der Waals surface area contributed by atoms with Gasteiger partial charge in [-0.1, -0.05) is 6.07 Å². The molecule has 0 radical (unpaired) electrons. The molecule has 0 aliphatic carbocycles. The minimum atomic E-state index is 0.141. The van der Waals surface area contributed by atoms with Crippen LogP contribution in [-0.2, 0) is 6.42 Å². The van der Waals surface area contributed by atoms with E-state index in [9.17, 15) is 0 Å². The Kier molecular flexibility index (Phi) is 4.67. The smallest absolute Gasteiger partial charge is 0.0479 e. The van der Waals surface area contributed by atoms with Crippen LogP contribution in [0.4, 0.5) is 0 Å². The zero-order valence-corrected chi connectivity index (χ0v) is 11.7. The van der Waals surface area contributed by atoms with Crippen molar-refractivity contribution in [1.82, 2.24) is 10.4 Å². The first kappa shape index (κ1) is 12.7. The van der Waals surface area contributed by atoms with Gasteiger partial charge in [-0.15, -0.1) is 11.3 Å². The first-order valence-corrected chi connectivity index (χ1v) is 7.06. The fourth-order valence-corrected chi connectivity index (χ4v) is 2.81. The Morgan fingerprint density at radius 2 is 2.35 bits per heavy atom. The summed E-state index contributed by atoms with van der Waals surface area (Å²) in [7, 11) is 0. The minimum absolute atomic E-state index is 0.141. The van der Waals surface area contributed by atoms with Crippen molar-refractivity contribution in [3.05, 3.63) is 50.9 Å². The summed E-state index contributed by atoms with van der Waals surface area (Å²) in [6, 6.07) is 6.41. The number of hydrogen-bond donors (Lipinski definition) is 2. The number of hydrazine groups is 1. The zero-order valence-electron chi connectivity index (χ0n) is 9.27. The number of pyridine rings is 1. The molecule has 5 heteroatoms. The van der Waals surface area contributed by atoms with Crippen LogP contribution < -0.4 is 11.3 Å². The summed E-state index contributed by atoms with van der Waals surface area (Å²) < 4.78 is 0.978. The third kappa shape index (κ3) is 3.61. The summed E-state index contributed by atoms with van der Waals surface area (Å²) in [5.41, 5.74) is 3.96. The molecule has 0 spiro atoms. The number of nitrogens with two attached hydrogens (primary N) is 1. The van der Waals surface area contributed by atoms with Crippen LogP contribution in [0.1, 0.15) is 22.9 Å². The molecule has 2 aromatic heterocycles. The van der Waals surface area contributed by atoms with Crippen molar-refractivity contribution in [2.45, 2.75) is 18.9 Å². The van der Waals surface area contributed by atoms with Crippen molar-refractivity contribution in [1.29, 1.82) is 0 Å². The molecule has 0 bridgehead atoms. The second-order valence-electron chi connectivity index (χ2n) is 3.77. The normalized spacial score (nSPS) is 12.6. The van der Waals surface area contributed by atoms with E-state index in [-0.39, 0.29) is 6.04 Å². The van der Waals surface area contributed by atoms with Crippen LogP contribution in [-0.4, -0.2) is 4.98 Å². The van der Waals surface area contributed by atoms with Gasteiger partial charge in [0.2, 0.25) is 0 Å². The van der Waals surface area contributed by atoms with E-state index in [0.717, 1.165) is 22.9 Å². The number of aryl methyl sites for hydroxylation is 1. The standard InChI is InChI=1S/C12H14BrN3S/c13-10-6-9(7-15-8-10)12(16-14)4-3-11-2-1-5-17-11/h1-2,5-8,12,16H,3-4,14H2. The van der Waals surface area contributed by atoms with E-state index < -0.39 is 0 Å². The van der Waals surface area contributed by atoms with Crippen LogP contribution in [0.3, 0.4) is 0 Å². The second kappa shape index (κ2) is 6.26. The van der Waals surface area contributed by atoms with E-state index in [2.05, 4.69) is 43.9 Å². The maximum Gasteiger partial charge on any atom is 0.0479 e. The summed E-state index contributed by atoms with van der Waals surface area (Å²) in [6.07, 6.45) is 5.62. The average Bonchev–Trinajstić information content (AvgIpc) is 2.83. The number of thiophene rings is 1. The molecule has 0 aliphatic rings. The van der Waals surface area contributed by atoms with Gasteiger partial charge in [-0.05, 0) is 51.8 Å². The predicted octanol–water partition coefficient (Wildman–Crippen LogP) is 3.04. The van der Waals surface area contributed by atoms with Gasteiger partial charge in [-0.25, -0.2) is 0 Å². The summed E-state index contributed by atoms with van der Waals surface area (Å²) in [4.78, 5) is 5.54. The molecular weight excluding hydrogens is 298 g/mol. The molecule has 1 unspecified atom stereocenters. The lowest BCUT2D eigenvalue weighted by atomic mass is 10.0. The second-order valence-corrected chi connectivity index (χ2v) is 5.72. The van der Waals surface area contributed by atoms with Crippen LogP contribution in [0.5, 0.6) is 0 Å². The molecule has 3 N–H and O–H groups in total. The van der Waals surface area contributed by atoms with Gasteiger partial charge in [0.15, 0.2) is 0 Å². The molecule has 0 aromatic carbocycles. The lowest BCUT2D eigenvalue weighted by Crippen LogP contribution is -2.28. The number of nitrogens with one attached hydrogen (secondary N) is 1. The van der Waals surface area contributed by atoms with E-state index in [4.69, 9.17) is 5.84 Å². The summed E-state index contributed by atoms with van der Waals surface area (Å²) in [5, 5.41) is 2.10. The topological polar surface area (TPSA) is 50.9 Å². The highest BCUT2D eigenvalue weighted by atomic mass is 79.9. The first-order valence-electron chi connectivity index (χ1n) is 5.38. The monoisotopic (exact) mass is 311 g/mol. The molecule has 0 fully saturated rings. The van der Waals surface area contributed by atoms with Crippen LogP contribution in [0.2, 0.25) is 0 Å². The molecule has 0 saturated heterocycles. The van der Waals surface area contributed by atoms with Crippen molar-refractivity contribution in [3.8, 4) is 0 Å². The van der Waals surface area contributed by atoms with Gasteiger partial charge in [0.05, 0.1) is 0 Å². The Bertz CT molecular complexity index is 459. The number of hydrogen-bond acceptors (Lipinski definition) is 4.